The van der Waals surface area contributed by atoms with E-state index in [1.54, 1.807) is 0 Å². The van der Waals surface area contributed by atoms with Gasteiger partial charge in [0, 0.05) is 32.3 Å². The molecular formula is C14H22O5. The van der Waals surface area contributed by atoms with Crippen LogP contribution in [-0.4, -0.2) is 41.8 Å². The Morgan fingerprint density at radius 3 is 2.53 bits per heavy atom. The van der Waals surface area contributed by atoms with E-state index >= 15 is 0 Å². The van der Waals surface area contributed by atoms with Crippen molar-refractivity contribution in [3.05, 3.63) is 0 Å². The van der Waals surface area contributed by atoms with Crippen LogP contribution >= 0.6 is 0 Å². The van der Waals surface area contributed by atoms with Crippen LogP contribution in [0.5, 0.6) is 0 Å². The van der Waals surface area contributed by atoms with Gasteiger partial charge in [-0.2, -0.15) is 0 Å². The van der Waals surface area contributed by atoms with E-state index in [2.05, 4.69) is 5.92 Å². The Morgan fingerprint density at radius 1 is 1.47 bits per heavy atom. The van der Waals surface area contributed by atoms with Crippen LogP contribution in [0.1, 0.15) is 32.6 Å². The third-order valence-corrected chi connectivity index (χ3v) is 3.61. The quantitative estimate of drug-likeness (QED) is 0.755. The van der Waals surface area contributed by atoms with Crippen molar-refractivity contribution in [3.8, 4) is 12.3 Å². The topological polar surface area (TPSA) is 76.0 Å². The summed E-state index contributed by atoms with van der Waals surface area (Å²) >= 11 is 0. The maximum Gasteiger partial charge on any atom is 0.300 e. The van der Waals surface area contributed by atoms with E-state index in [1.807, 2.05) is 0 Å². The summed E-state index contributed by atoms with van der Waals surface area (Å²) in [6.07, 6.45) is 8.85. The van der Waals surface area contributed by atoms with Crippen LogP contribution in [0.25, 0.3) is 0 Å². The maximum absolute atomic E-state index is 9.01. The minimum atomic E-state index is -0.833. The highest BCUT2D eigenvalue weighted by Crippen LogP contribution is 2.48. The molecule has 1 saturated heterocycles. The molecule has 0 aromatic heterocycles. The summed E-state index contributed by atoms with van der Waals surface area (Å²) < 4.78 is 11.5. The van der Waals surface area contributed by atoms with E-state index in [-0.39, 0.29) is 12.5 Å². The number of carboxylic acid groups (broad SMARTS) is 1. The lowest BCUT2D eigenvalue weighted by Crippen LogP contribution is -2.36. The lowest BCUT2D eigenvalue weighted by molar-refractivity contribution is -0.185. The van der Waals surface area contributed by atoms with E-state index in [1.165, 1.54) is 0 Å². The molecule has 0 aromatic rings. The largest absolute Gasteiger partial charge is 0.481 e. The van der Waals surface area contributed by atoms with Gasteiger partial charge >= 0.3 is 0 Å². The van der Waals surface area contributed by atoms with Crippen molar-refractivity contribution >= 4 is 5.97 Å². The Labute approximate surface area is 113 Å². The van der Waals surface area contributed by atoms with Crippen molar-refractivity contribution in [1.82, 2.24) is 0 Å². The van der Waals surface area contributed by atoms with Crippen LogP contribution in [0.15, 0.2) is 0 Å². The smallest absolute Gasteiger partial charge is 0.300 e. The number of carboxylic acids is 1. The molecule has 2 N–H and O–H groups in total. The standard InChI is InChI=1S/C12H18O3.C2H4O2/c1-2-3-11-10(5-7-13)4-6-12(11)14-8-9-15-12;1-2(3)4/h1,10-11,13H,3-9H2;1H3,(H,3,4)/t10-,11-;/m0./s1. The molecule has 1 saturated carbocycles. The van der Waals surface area contributed by atoms with Gasteiger partial charge in [-0.05, 0) is 18.8 Å². The van der Waals surface area contributed by atoms with E-state index in [0.717, 1.165) is 26.2 Å². The molecule has 0 unspecified atom stereocenters. The van der Waals surface area contributed by atoms with E-state index in [4.69, 9.17) is 30.9 Å². The molecule has 2 fully saturated rings. The number of ether oxygens (including phenoxy) is 2. The number of aliphatic hydroxyl groups excluding tert-OH is 1. The normalized spacial score (nSPS) is 27.6. The summed E-state index contributed by atoms with van der Waals surface area (Å²) in [5, 5.41) is 16.4. The fourth-order valence-electron chi connectivity index (χ4n) is 2.92. The second kappa shape index (κ2) is 7.49. The Bertz CT molecular complexity index is 323. The molecule has 2 atom stereocenters. The lowest BCUT2D eigenvalue weighted by Gasteiger charge is -2.30. The summed E-state index contributed by atoms with van der Waals surface area (Å²) in [7, 11) is 0. The number of carbonyl (C=O) groups is 1. The van der Waals surface area contributed by atoms with Gasteiger partial charge in [0.1, 0.15) is 0 Å². The third-order valence-electron chi connectivity index (χ3n) is 3.61. The van der Waals surface area contributed by atoms with Gasteiger partial charge in [0.15, 0.2) is 5.79 Å². The summed E-state index contributed by atoms with van der Waals surface area (Å²) in [5.41, 5.74) is 0. The molecule has 5 heteroatoms. The monoisotopic (exact) mass is 270 g/mol. The van der Waals surface area contributed by atoms with Crippen LogP contribution < -0.4 is 0 Å². The van der Waals surface area contributed by atoms with Crippen molar-refractivity contribution in [1.29, 1.82) is 0 Å². The van der Waals surface area contributed by atoms with Crippen molar-refractivity contribution in [2.75, 3.05) is 19.8 Å². The van der Waals surface area contributed by atoms with Crippen LogP contribution in [0.2, 0.25) is 0 Å². The van der Waals surface area contributed by atoms with Crippen LogP contribution in [-0.2, 0) is 14.3 Å². The SMILES string of the molecule is C#CC[C@H]1[C@H](CCO)CCC12OCCO2.CC(=O)O. The van der Waals surface area contributed by atoms with Crippen LogP contribution in [0, 0.1) is 24.2 Å². The van der Waals surface area contributed by atoms with Gasteiger partial charge in [0.25, 0.3) is 5.97 Å². The van der Waals surface area contributed by atoms with Crippen LogP contribution in [0.3, 0.4) is 0 Å². The Morgan fingerprint density at radius 2 is 2.05 bits per heavy atom. The Hall–Kier alpha value is -1.09. The summed E-state index contributed by atoms with van der Waals surface area (Å²) in [4.78, 5) is 9.00. The zero-order chi connectivity index (χ0) is 14.3. The first-order valence-corrected chi connectivity index (χ1v) is 6.57. The molecule has 2 rings (SSSR count). The Kier molecular flexibility index (Phi) is 6.29. The summed E-state index contributed by atoms with van der Waals surface area (Å²) in [5.74, 6) is 2.16. The highest BCUT2D eigenvalue weighted by molar-refractivity contribution is 5.62. The van der Waals surface area contributed by atoms with Gasteiger partial charge in [0.2, 0.25) is 0 Å². The molecule has 1 heterocycles. The molecule has 0 bridgehead atoms. The van der Waals surface area contributed by atoms with E-state index in [0.29, 0.717) is 25.6 Å². The fraction of sp³-hybridized carbons (Fsp3) is 0.786. The number of hydrogen-bond donors (Lipinski definition) is 2. The molecule has 1 aliphatic heterocycles. The molecule has 0 aromatic carbocycles. The number of hydrogen-bond acceptors (Lipinski definition) is 4. The zero-order valence-corrected chi connectivity index (χ0v) is 11.3. The summed E-state index contributed by atoms with van der Waals surface area (Å²) in [6, 6.07) is 0. The van der Waals surface area contributed by atoms with Gasteiger partial charge in [-0.15, -0.1) is 12.3 Å². The van der Waals surface area contributed by atoms with Gasteiger partial charge < -0.3 is 19.7 Å². The number of aliphatic hydroxyl groups is 1. The average molecular weight is 270 g/mol. The molecule has 108 valence electrons. The first-order valence-electron chi connectivity index (χ1n) is 6.57. The predicted octanol–water partition coefficient (Wildman–Crippen LogP) is 1.25. The first-order chi connectivity index (χ1) is 9.05. The second-order valence-electron chi connectivity index (χ2n) is 4.85. The fourth-order valence-corrected chi connectivity index (χ4v) is 2.92. The van der Waals surface area contributed by atoms with Crippen molar-refractivity contribution in [2.24, 2.45) is 11.8 Å². The predicted molar refractivity (Wildman–Crippen MR) is 69.3 cm³/mol. The maximum atomic E-state index is 9.01. The molecule has 19 heavy (non-hydrogen) atoms. The van der Waals surface area contributed by atoms with Crippen molar-refractivity contribution in [2.45, 2.75) is 38.4 Å². The molecule has 1 aliphatic carbocycles. The van der Waals surface area contributed by atoms with Gasteiger partial charge in [-0.25, -0.2) is 0 Å². The second-order valence-corrected chi connectivity index (χ2v) is 4.85. The number of rotatable bonds is 3. The van der Waals surface area contributed by atoms with E-state index < -0.39 is 11.8 Å². The van der Waals surface area contributed by atoms with Crippen molar-refractivity contribution < 1.29 is 24.5 Å². The highest BCUT2D eigenvalue weighted by Gasteiger charge is 2.51. The molecular weight excluding hydrogens is 248 g/mol. The summed E-state index contributed by atoms with van der Waals surface area (Å²) in [6.45, 7) is 2.65. The molecule has 1 spiro atoms. The van der Waals surface area contributed by atoms with Crippen LogP contribution in [0.4, 0.5) is 0 Å². The highest BCUT2D eigenvalue weighted by atomic mass is 16.7. The van der Waals surface area contributed by atoms with Gasteiger partial charge in [-0.1, -0.05) is 0 Å². The van der Waals surface area contributed by atoms with Gasteiger partial charge in [-0.3, -0.25) is 4.79 Å². The molecule has 0 radical (unpaired) electrons. The number of aliphatic carboxylic acids is 1. The van der Waals surface area contributed by atoms with Crippen molar-refractivity contribution in [3.63, 3.8) is 0 Å². The minimum absolute atomic E-state index is 0.224. The molecule has 5 nitrogen and oxygen atoms in total. The van der Waals surface area contributed by atoms with E-state index in [9.17, 15) is 0 Å². The average Bonchev–Trinajstić information content (AvgIpc) is 2.92. The molecule has 0 amide bonds. The third kappa shape index (κ3) is 4.20. The number of terminal acetylenes is 1. The lowest BCUT2D eigenvalue weighted by atomic mass is 9.88. The first kappa shape index (κ1) is 16.0. The van der Waals surface area contributed by atoms with Gasteiger partial charge in [0.05, 0.1) is 13.2 Å². The zero-order valence-electron chi connectivity index (χ0n) is 11.3. The Balaban J connectivity index is 0.000000399. The minimum Gasteiger partial charge on any atom is -0.481 e. The molecule has 2 aliphatic rings.